The zero-order chi connectivity index (χ0) is 19.9. The first-order valence-corrected chi connectivity index (χ1v) is 10.6. The Kier molecular flexibility index (Phi) is 4.72. The van der Waals surface area contributed by atoms with Crippen molar-refractivity contribution in [2.75, 3.05) is 44.4 Å². The van der Waals surface area contributed by atoms with Crippen molar-refractivity contribution < 1.29 is 22.0 Å². The molecule has 7 nitrogen and oxygen atoms in total. The molecule has 1 aliphatic heterocycles. The molecule has 1 aliphatic rings. The van der Waals surface area contributed by atoms with Crippen LogP contribution in [0.4, 0.5) is 10.1 Å². The third kappa shape index (κ3) is 3.55. The molecule has 1 fully saturated rings. The summed E-state index contributed by atoms with van der Waals surface area (Å²) < 4.78 is 49.3. The standard InChI is InChI=1S/C19H20FN3O4S/c1-26-18-11-13(3-5-15(18)20)19-21-16-12-14(4-6-17(16)27-19)22-7-9-23(10-8-22)28(2,24)25/h3-6,11-12H,7-10H2,1-2H3. The zero-order valence-corrected chi connectivity index (χ0v) is 16.4. The molecule has 0 spiro atoms. The maximum atomic E-state index is 13.6. The van der Waals surface area contributed by atoms with Crippen LogP contribution in [0.25, 0.3) is 22.6 Å². The topological polar surface area (TPSA) is 75.9 Å². The molecule has 1 aromatic heterocycles. The van der Waals surface area contributed by atoms with Gasteiger partial charge in [-0.05, 0) is 36.4 Å². The predicted octanol–water partition coefficient (Wildman–Crippen LogP) is 2.72. The average Bonchev–Trinajstić information content (AvgIpc) is 3.11. The quantitative estimate of drug-likeness (QED) is 0.664. The number of aromatic nitrogens is 1. The van der Waals surface area contributed by atoms with Gasteiger partial charge in [-0.3, -0.25) is 0 Å². The van der Waals surface area contributed by atoms with E-state index < -0.39 is 15.8 Å². The van der Waals surface area contributed by atoms with Crippen molar-refractivity contribution in [1.82, 2.24) is 9.29 Å². The number of benzene rings is 2. The summed E-state index contributed by atoms with van der Waals surface area (Å²) in [5.74, 6) is 0.0643. The van der Waals surface area contributed by atoms with Crippen LogP contribution in [0.5, 0.6) is 5.75 Å². The Balaban J connectivity index is 1.59. The van der Waals surface area contributed by atoms with Gasteiger partial charge >= 0.3 is 0 Å². The van der Waals surface area contributed by atoms with Crippen molar-refractivity contribution in [2.24, 2.45) is 0 Å². The number of hydrogen-bond donors (Lipinski definition) is 0. The summed E-state index contributed by atoms with van der Waals surface area (Å²) in [4.78, 5) is 6.64. The lowest BCUT2D eigenvalue weighted by molar-refractivity contribution is 0.386. The van der Waals surface area contributed by atoms with Crippen LogP contribution in [0.15, 0.2) is 40.8 Å². The highest BCUT2D eigenvalue weighted by Gasteiger charge is 2.24. The van der Waals surface area contributed by atoms with Crippen LogP contribution in [-0.2, 0) is 10.0 Å². The molecular weight excluding hydrogens is 385 g/mol. The molecule has 0 bridgehead atoms. The van der Waals surface area contributed by atoms with Crippen LogP contribution in [0, 0.1) is 5.82 Å². The Hall–Kier alpha value is -2.65. The normalized spacial score (nSPS) is 15.9. The minimum absolute atomic E-state index is 0.129. The fourth-order valence-corrected chi connectivity index (χ4v) is 4.13. The fourth-order valence-electron chi connectivity index (χ4n) is 3.31. The van der Waals surface area contributed by atoms with Gasteiger partial charge < -0.3 is 14.1 Å². The number of nitrogens with zero attached hydrogens (tertiary/aromatic N) is 3. The number of piperazine rings is 1. The number of anilines is 1. The van der Waals surface area contributed by atoms with E-state index in [1.54, 1.807) is 12.1 Å². The largest absolute Gasteiger partial charge is 0.494 e. The molecule has 0 N–H and O–H groups in total. The molecule has 0 amide bonds. The summed E-state index contributed by atoms with van der Waals surface area (Å²) in [6.07, 6.45) is 1.23. The first-order valence-electron chi connectivity index (χ1n) is 8.80. The molecule has 28 heavy (non-hydrogen) atoms. The summed E-state index contributed by atoms with van der Waals surface area (Å²) >= 11 is 0. The number of fused-ring (bicyclic) bond motifs is 1. The minimum Gasteiger partial charge on any atom is -0.494 e. The highest BCUT2D eigenvalue weighted by atomic mass is 32.2. The number of halogens is 1. The molecule has 2 aromatic carbocycles. The van der Waals surface area contributed by atoms with E-state index in [9.17, 15) is 12.8 Å². The third-order valence-corrected chi connectivity index (χ3v) is 6.15. The molecule has 4 rings (SSSR count). The van der Waals surface area contributed by atoms with Gasteiger partial charge in [0.15, 0.2) is 17.1 Å². The van der Waals surface area contributed by atoms with Crippen molar-refractivity contribution in [3.8, 4) is 17.2 Å². The SMILES string of the molecule is COc1cc(-c2nc3cc(N4CCN(S(C)(=O)=O)CC4)ccc3o2)ccc1F. The van der Waals surface area contributed by atoms with E-state index >= 15 is 0 Å². The van der Waals surface area contributed by atoms with Gasteiger partial charge in [-0.15, -0.1) is 0 Å². The van der Waals surface area contributed by atoms with Gasteiger partial charge in [-0.1, -0.05) is 0 Å². The van der Waals surface area contributed by atoms with Gasteiger partial charge in [-0.25, -0.2) is 17.8 Å². The van der Waals surface area contributed by atoms with E-state index in [1.165, 1.54) is 23.7 Å². The molecule has 0 aliphatic carbocycles. The summed E-state index contributed by atoms with van der Waals surface area (Å²) in [7, 11) is -1.75. The van der Waals surface area contributed by atoms with E-state index in [-0.39, 0.29) is 5.75 Å². The third-order valence-electron chi connectivity index (χ3n) is 4.84. The Morgan fingerprint density at radius 3 is 2.54 bits per heavy atom. The summed E-state index contributed by atoms with van der Waals surface area (Å²) in [5.41, 5.74) is 2.88. The van der Waals surface area contributed by atoms with Crippen molar-refractivity contribution in [3.05, 3.63) is 42.2 Å². The van der Waals surface area contributed by atoms with Crippen LogP contribution >= 0.6 is 0 Å². The number of oxazole rings is 1. The second-order valence-electron chi connectivity index (χ2n) is 6.67. The van der Waals surface area contributed by atoms with Crippen molar-refractivity contribution in [3.63, 3.8) is 0 Å². The molecular formula is C19H20FN3O4S. The molecule has 0 atom stereocenters. The Morgan fingerprint density at radius 1 is 1.11 bits per heavy atom. The molecule has 148 valence electrons. The smallest absolute Gasteiger partial charge is 0.227 e. The van der Waals surface area contributed by atoms with Gasteiger partial charge in [-0.2, -0.15) is 4.31 Å². The second kappa shape index (κ2) is 7.06. The number of ether oxygens (including phenoxy) is 1. The van der Waals surface area contributed by atoms with Gasteiger partial charge in [0.05, 0.1) is 13.4 Å². The Bertz CT molecular complexity index is 1120. The predicted molar refractivity (Wildman–Crippen MR) is 105 cm³/mol. The van der Waals surface area contributed by atoms with Crippen molar-refractivity contribution in [2.45, 2.75) is 0 Å². The first kappa shape index (κ1) is 18.7. The summed E-state index contributed by atoms with van der Waals surface area (Å²) in [5, 5.41) is 0. The van der Waals surface area contributed by atoms with Crippen LogP contribution < -0.4 is 9.64 Å². The van der Waals surface area contributed by atoms with Gasteiger partial charge in [0.1, 0.15) is 5.52 Å². The summed E-state index contributed by atoms with van der Waals surface area (Å²) in [6, 6.07) is 10.1. The maximum absolute atomic E-state index is 13.6. The second-order valence-corrected chi connectivity index (χ2v) is 8.65. The lowest BCUT2D eigenvalue weighted by atomic mass is 10.2. The molecule has 0 saturated carbocycles. The first-order chi connectivity index (χ1) is 13.3. The van der Waals surface area contributed by atoms with Gasteiger partial charge in [0, 0.05) is 37.4 Å². The lowest BCUT2D eigenvalue weighted by Gasteiger charge is -2.34. The van der Waals surface area contributed by atoms with E-state index in [0.717, 1.165) is 5.69 Å². The fraction of sp³-hybridized carbons (Fsp3) is 0.316. The van der Waals surface area contributed by atoms with Crippen LogP contribution in [0.2, 0.25) is 0 Å². The molecule has 1 saturated heterocycles. The molecule has 0 unspecified atom stereocenters. The molecule has 3 aromatic rings. The Morgan fingerprint density at radius 2 is 1.86 bits per heavy atom. The van der Waals surface area contributed by atoms with E-state index in [0.29, 0.717) is 48.7 Å². The van der Waals surface area contributed by atoms with Crippen molar-refractivity contribution >= 4 is 26.8 Å². The number of hydrogen-bond acceptors (Lipinski definition) is 6. The van der Waals surface area contributed by atoms with Gasteiger partial charge in [0.25, 0.3) is 0 Å². The van der Waals surface area contributed by atoms with E-state index in [2.05, 4.69) is 9.88 Å². The molecule has 9 heteroatoms. The van der Waals surface area contributed by atoms with E-state index in [1.807, 2.05) is 18.2 Å². The van der Waals surface area contributed by atoms with Gasteiger partial charge in [0.2, 0.25) is 15.9 Å². The number of methoxy groups -OCH3 is 1. The van der Waals surface area contributed by atoms with Crippen LogP contribution in [-0.4, -0.2) is 57.3 Å². The number of sulfonamides is 1. The molecule has 0 radical (unpaired) electrons. The monoisotopic (exact) mass is 405 g/mol. The average molecular weight is 405 g/mol. The maximum Gasteiger partial charge on any atom is 0.227 e. The van der Waals surface area contributed by atoms with Crippen molar-refractivity contribution in [1.29, 1.82) is 0 Å². The van der Waals surface area contributed by atoms with E-state index in [4.69, 9.17) is 9.15 Å². The Labute approximate surface area is 162 Å². The lowest BCUT2D eigenvalue weighted by Crippen LogP contribution is -2.48. The van der Waals surface area contributed by atoms with Crippen LogP contribution in [0.3, 0.4) is 0 Å². The summed E-state index contributed by atoms with van der Waals surface area (Å²) in [6.45, 7) is 2.13. The van der Waals surface area contributed by atoms with Crippen LogP contribution in [0.1, 0.15) is 0 Å². The highest BCUT2D eigenvalue weighted by Crippen LogP contribution is 2.30. The zero-order valence-electron chi connectivity index (χ0n) is 15.6. The number of rotatable bonds is 4. The minimum atomic E-state index is -3.16. The highest BCUT2D eigenvalue weighted by molar-refractivity contribution is 7.88. The molecule has 2 heterocycles.